The Morgan fingerprint density at radius 2 is 0.961 bits per heavy atom. The molecule has 0 saturated heterocycles. The van der Waals surface area contributed by atoms with E-state index in [0.29, 0.717) is 0 Å². The minimum Gasteiger partial charge on any atom is -0.309 e. The summed E-state index contributed by atoms with van der Waals surface area (Å²) in [5.74, 6) is 0. The van der Waals surface area contributed by atoms with Crippen molar-refractivity contribution in [2.45, 2.75) is 83.5 Å². The van der Waals surface area contributed by atoms with Gasteiger partial charge in [-0.1, -0.05) is 217 Å². The molecule has 5 heteroatoms. The SMILES string of the molecule is CCCCCCC1(CCCCCC)c2ccccc2-c2ccc(-c3ccc(N(c4ccc(-c5ccccc5)cc4)c4ccc(-c5cc6c(c7ccccc57)c5ccccc5n6-c5ccccc5)c5nsnc45)cc3)cc21. The first-order valence-corrected chi connectivity index (χ1v) is 28.4. The molecule has 13 rings (SSSR count). The van der Waals surface area contributed by atoms with E-state index in [1.54, 1.807) is 0 Å². The van der Waals surface area contributed by atoms with Gasteiger partial charge in [0.05, 0.1) is 28.4 Å². The molecule has 0 aliphatic heterocycles. The molecule has 0 radical (unpaired) electrons. The van der Waals surface area contributed by atoms with Crippen molar-refractivity contribution < 1.29 is 0 Å². The second kappa shape index (κ2) is 20.5. The number of hydrogen-bond donors (Lipinski definition) is 0. The lowest BCUT2D eigenvalue weighted by molar-refractivity contribution is 0.401. The summed E-state index contributed by atoms with van der Waals surface area (Å²) in [7, 11) is 0. The van der Waals surface area contributed by atoms with Crippen LogP contribution in [0.2, 0.25) is 0 Å². The summed E-state index contributed by atoms with van der Waals surface area (Å²) in [5.41, 5.74) is 21.4. The van der Waals surface area contributed by atoms with Gasteiger partial charge < -0.3 is 9.47 Å². The quantitative estimate of drug-likeness (QED) is 0.0853. The number of benzene rings is 10. The average Bonchev–Trinajstić information content (AvgIpc) is 4.32. The van der Waals surface area contributed by atoms with Gasteiger partial charge in [0, 0.05) is 38.8 Å². The Morgan fingerprint density at radius 1 is 0.408 bits per heavy atom. The highest BCUT2D eigenvalue weighted by Gasteiger charge is 2.42. The number of fused-ring (bicyclic) bond motifs is 9. The highest BCUT2D eigenvalue weighted by atomic mass is 32.1. The molecule has 1 aliphatic rings. The van der Waals surface area contributed by atoms with Gasteiger partial charge in [-0.05, 0) is 140 Å². The molecular formula is C71H62N4S. The van der Waals surface area contributed by atoms with Crippen LogP contribution in [0.25, 0.3) is 93.8 Å². The summed E-state index contributed by atoms with van der Waals surface area (Å²) < 4.78 is 12.7. The zero-order valence-electron chi connectivity index (χ0n) is 43.6. The minimum absolute atomic E-state index is 0.0313. The molecule has 0 spiro atoms. The van der Waals surface area contributed by atoms with Crippen LogP contribution in [0, 0.1) is 0 Å². The first kappa shape index (κ1) is 47.6. The van der Waals surface area contributed by atoms with E-state index < -0.39 is 0 Å². The Morgan fingerprint density at radius 3 is 1.67 bits per heavy atom. The fourth-order valence-electron chi connectivity index (χ4n) is 12.8. The van der Waals surface area contributed by atoms with Gasteiger partial charge in [0.1, 0.15) is 11.0 Å². The molecule has 0 unspecified atom stereocenters. The maximum Gasteiger partial charge on any atom is 0.129 e. The molecule has 0 atom stereocenters. The predicted molar refractivity (Wildman–Crippen MR) is 324 cm³/mol. The Kier molecular flexibility index (Phi) is 12.9. The van der Waals surface area contributed by atoms with Crippen molar-refractivity contribution in [3.8, 4) is 50.2 Å². The summed E-state index contributed by atoms with van der Waals surface area (Å²) in [4.78, 5) is 2.37. The Hall–Kier alpha value is -8.12. The van der Waals surface area contributed by atoms with Crippen molar-refractivity contribution in [2.75, 3.05) is 4.90 Å². The lowest BCUT2D eigenvalue weighted by Gasteiger charge is -2.33. The normalized spacial score (nSPS) is 12.7. The minimum atomic E-state index is 0.0313. The summed E-state index contributed by atoms with van der Waals surface area (Å²) in [6.07, 6.45) is 12.6. The van der Waals surface area contributed by atoms with Crippen LogP contribution in [0.4, 0.5) is 17.1 Å². The molecule has 10 aromatic carbocycles. The van der Waals surface area contributed by atoms with Crippen molar-refractivity contribution >= 4 is 72.4 Å². The van der Waals surface area contributed by atoms with Crippen LogP contribution < -0.4 is 4.90 Å². The predicted octanol–water partition coefficient (Wildman–Crippen LogP) is 20.6. The van der Waals surface area contributed by atoms with Crippen molar-refractivity contribution in [3.63, 3.8) is 0 Å². The van der Waals surface area contributed by atoms with E-state index in [2.05, 4.69) is 242 Å². The van der Waals surface area contributed by atoms with E-state index >= 15 is 0 Å². The van der Waals surface area contributed by atoms with E-state index in [1.807, 2.05) is 0 Å². The van der Waals surface area contributed by atoms with Gasteiger partial charge in [-0.3, -0.25) is 0 Å². The molecule has 1 aliphatic carbocycles. The van der Waals surface area contributed by atoms with Gasteiger partial charge in [-0.2, -0.15) is 8.75 Å². The van der Waals surface area contributed by atoms with Gasteiger partial charge in [0.15, 0.2) is 0 Å². The summed E-state index contributed by atoms with van der Waals surface area (Å²) in [6, 6.07) is 80.9. The number of anilines is 3. The van der Waals surface area contributed by atoms with Gasteiger partial charge in [-0.25, -0.2) is 0 Å². The van der Waals surface area contributed by atoms with Crippen LogP contribution >= 0.6 is 11.7 Å². The van der Waals surface area contributed by atoms with Crippen LogP contribution in [-0.4, -0.2) is 13.3 Å². The highest BCUT2D eigenvalue weighted by Crippen LogP contribution is 2.55. The van der Waals surface area contributed by atoms with Crippen LogP contribution in [0.5, 0.6) is 0 Å². The lowest BCUT2D eigenvalue weighted by atomic mass is 9.70. The van der Waals surface area contributed by atoms with E-state index in [9.17, 15) is 0 Å². The van der Waals surface area contributed by atoms with Crippen LogP contribution in [0.1, 0.15) is 89.2 Å². The zero-order chi connectivity index (χ0) is 51.0. The Bertz CT molecular complexity index is 4010. The molecule has 0 fully saturated rings. The second-order valence-electron chi connectivity index (χ2n) is 21.0. The summed E-state index contributed by atoms with van der Waals surface area (Å²) in [5, 5.41) is 4.91. The van der Waals surface area contributed by atoms with Gasteiger partial charge in [0.2, 0.25) is 0 Å². The molecular weight excluding hydrogens is 941 g/mol. The molecule has 0 bridgehead atoms. The second-order valence-corrected chi connectivity index (χ2v) is 21.5. The average molecular weight is 1000 g/mol. The number of para-hydroxylation sites is 2. The maximum absolute atomic E-state index is 5.16. The Labute approximate surface area is 451 Å². The molecule has 2 heterocycles. The molecule has 0 amide bonds. The molecule has 76 heavy (non-hydrogen) atoms. The van der Waals surface area contributed by atoms with Crippen molar-refractivity contribution in [3.05, 3.63) is 230 Å². The number of rotatable bonds is 17. The van der Waals surface area contributed by atoms with Crippen molar-refractivity contribution in [2.24, 2.45) is 0 Å². The molecule has 12 aromatic rings. The van der Waals surface area contributed by atoms with Gasteiger partial charge >= 0.3 is 0 Å². The van der Waals surface area contributed by atoms with Crippen LogP contribution in [0.15, 0.2) is 218 Å². The lowest BCUT2D eigenvalue weighted by Crippen LogP contribution is -2.25. The summed E-state index contributed by atoms with van der Waals surface area (Å²) >= 11 is 1.28. The number of hydrogen-bond acceptors (Lipinski definition) is 4. The third-order valence-corrected chi connectivity index (χ3v) is 17.0. The molecule has 4 nitrogen and oxygen atoms in total. The molecule has 372 valence electrons. The van der Waals surface area contributed by atoms with Crippen molar-refractivity contribution in [1.29, 1.82) is 0 Å². The monoisotopic (exact) mass is 1000 g/mol. The first-order chi connectivity index (χ1) is 37.6. The molecule has 0 saturated carbocycles. The van der Waals surface area contributed by atoms with Crippen molar-refractivity contribution in [1.82, 2.24) is 13.3 Å². The van der Waals surface area contributed by atoms with Gasteiger partial charge in [0.25, 0.3) is 0 Å². The fourth-order valence-corrected chi connectivity index (χ4v) is 13.4. The standard InChI is InChI=1S/C71H62N4S/c1-3-5-7-21-45-71(46-22-8-6-4-2)63-31-19-17-28-57(63)58-42-37-52(47-64(58)71)51-35-40-55(41-36-51)74(54-38-33-50(34-39-54)49-23-11-9-12-24-49)66-44-43-60(69-70(66)73-76-72-69)62-48-67-68(59-29-16-15-27-56(59)62)61-30-18-20-32-65(61)75(67)53-25-13-10-14-26-53/h9-20,23-44,47-48H,3-8,21-22,45-46H2,1-2H3. The van der Waals surface area contributed by atoms with E-state index in [0.717, 1.165) is 44.9 Å². The van der Waals surface area contributed by atoms with E-state index in [4.69, 9.17) is 8.75 Å². The Balaban J connectivity index is 0.933. The third-order valence-electron chi connectivity index (χ3n) is 16.5. The third kappa shape index (κ3) is 8.29. The fraction of sp³-hybridized carbons (Fsp3) is 0.183. The number of aromatic nitrogens is 3. The maximum atomic E-state index is 5.16. The first-order valence-electron chi connectivity index (χ1n) is 27.7. The van der Waals surface area contributed by atoms with Crippen LogP contribution in [-0.2, 0) is 5.41 Å². The van der Waals surface area contributed by atoms with Crippen LogP contribution in [0.3, 0.4) is 0 Å². The molecule has 0 N–H and O–H groups in total. The smallest absolute Gasteiger partial charge is 0.129 e. The topological polar surface area (TPSA) is 34.0 Å². The largest absolute Gasteiger partial charge is 0.309 e. The van der Waals surface area contributed by atoms with E-state index in [1.165, 1.54) is 153 Å². The zero-order valence-corrected chi connectivity index (χ0v) is 44.4. The summed E-state index contributed by atoms with van der Waals surface area (Å²) in [6.45, 7) is 4.64. The molecule has 2 aromatic heterocycles. The number of nitrogens with zero attached hydrogens (tertiary/aromatic N) is 4. The number of unbranched alkanes of at least 4 members (excludes halogenated alkanes) is 6. The van der Waals surface area contributed by atoms with E-state index in [-0.39, 0.29) is 5.41 Å². The van der Waals surface area contributed by atoms with Gasteiger partial charge in [-0.15, -0.1) is 0 Å². The highest BCUT2D eigenvalue weighted by molar-refractivity contribution is 7.00.